The lowest BCUT2D eigenvalue weighted by Crippen LogP contribution is -2.26. The molecule has 1 amide bonds. The quantitative estimate of drug-likeness (QED) is 0.816. The van der Waals surface area contributed by atoms with Gasteiger partial charge in [0, 0.05) is 16.8 Å². The van der Waals surface area contributed by atoms with Crippen molar-refractivity contribution < 1.29 is 9.21 Å². The molecule has 1 heterocycles. The van der Waals surface area contributed by atoms with Crippen LogP contribution >= 0.6 is 27.7 Å². The third-order valence-corrected chi connectivity index (χ3v) is 4.15. The van der Waals surface area contributed by atoms with Gasteiger partial charge in [0.05, 0.1) is 17.6 Å². The number of hydrogen-bond acceptors (Lipinski definition) is 3. The van der Waals surface area contributed by atoms with E-state index in [1.807, 2.05) is 30.3 Å². The minimum Gasteiger partial charge on any atom is -0.468 e. The van der Waals surface area contributed by atoms with Gasteiger partial charge in [0.15, 0.2) is 0 Å². The molecule has 3 nitrogen and oxygen atoms in total. The monoisotopic (exact) mass is 339 g/mol. The Balaban J connectivity index is 1.68. The fourth-order valence-corrected chi connectivity index (χ4v) is 2.77. The van der Waals surface area contributed by atoms with Gasteiger partial charge in [0.25, 0.3) is 5.91 Å². The molecule has 2 rings (SSSR count). The Bertz CT molecular complexity index is 528. The first-order valence-corrected chi connectivity index (χ1v) is 7.85. The number of carbonyl (C=O) groups is 1. The van der Waals surface area contributed by atoms with Gasteiger partial charge < -0.3 is 9.73 Å². The average Bonchev–Trinajstić information content (AvgIpc) is 2.92. The lowest BCUT2D eigenvalue weighted by molar-refractivity contribution is 0.0955. The van der Waals surface area contributed by atoms with Crippen LogP contribution in [-0.2, 0) is 5.75 Å². The summed E-state index contributed by atoms with van der Waals surface area (Å²) in [6.07, 6.45) is 1.67. The molecule has 2 aromatic rings. The van der Waals surface area contributed by atoms with Gasteiger partial charge in [-0.15, -0.1) is 0 Å². The molecule has 19 heavy (non-hydrogen) atoms. The summed E-state index contributed by atoms with van der Waals surface area (Å²) in [6.45, 7) is 0.644. The highest BCUT2D eigenvalue weighted by Crippen LogP contribution is 2.15. The van der Waals surface area contributed by atoms with Crippen LogP contribution in [0.15, 0.2) is 51.6 Å². The smallest absolute Gasteiger partial charge is 0.252 e. The Morgan fingerprint density at radius 2 is 2.11 bits per heavy atom. The number of amides is 1. The summed E-state index contributed by atoms with van der Waals surface area (Å²) < 4.78 is 6.05. The summed E-state index contributed by atoms with van der Waals surface area (Å²) in [5.41, 5.74) is 0.665. The number of thioether (sulfide) groups is 1. The van der Waals surface area contributed by atoms with Crippen LogP contribution in [0, 0.1) is 0 Å². The van der Waals surface area contributed by atoms with Crippen LogP contribution in [0.3, 0.4) is 0 Å². The zero-order chi connectivity index (χ0) is 13.5. The first-order valence-electron chi connectivity index (χ1n) is 5.90. The van der Waals surface area contributed by atoms with E-state index in [-0.39, 0.29) is 5.91 Å². The maximum atomic E-state index is 11.9. The molecule has 1 aromatic carbocycles. The van der Waals surface area contributed by atoms with Crippen LogP contribution in [0.5, 0.6) is 0 Å². The maximum Gasteiger partial charge on any atom is 0.252 e. The molecule has 100 valence electrons. The number of furan rings is 1. The summed E-state index contributed by atoms with van der Waals surface area (Å²) in [4.78, 5) is 11.9. The lowest BCUT2D eigenvalue weighted by atomic mass is 10.2. The molecule has 0 spiro atoms. The van der Waals surface area contributed by atoms with E-state index in [1.165, 1.54) is 0 Å². The Morgan fingerprint density at radius 1 is 1.26 bits per heavy atom. The maximum absolute atomic E-state index is 11.9. The summed E-state index contributed by atoms with van der Waals surface area (Å²) in [7, 11) is 0. The lowest BCUT2D eigenvalue weighted by Gasteiger charge is -2.06. The van der Waals surface area contributed by atoms with Crippen LogP contribution in [0.2, 0.25) is 0 Å². The topological polar surface area (TPSA) is 42.2 Å². The number of halogens is 1. The second kappa shape index (κ2) is 7.40. The Kier molecular flexibility index (Phi) is 5.54. The predicted molar refractivity (Wildman–Crippen MR) is 81.3 cm³/mol. The number of rotatable bonds is 6. The first-order chi connectivity index (χ1) is 9.27. The molecule has 0 aliphatic heterocycles. The summed E-state index contributed by atoms with van der Waals surface area (Å²) in [6, 6.07) is 11.2. The molecule has 0 saturated carbocycles. The van der Waals surface area contributed by atoms with Crippen LogP contribution in [0.4, 0.5) is 0 Å². The number of nitrogens with one attached hydrogen (secondary N) is 1. The van der Waals surface area contributed by atoms with Crippen molar-refractivity contribution in [3.63, 3.8) is 0 Å². The Morgan fingerprint density at radius 3 is 2.84 bits per heavy atom. The van der Waals surface area contributed by atoms with Crippen molar-refractivity contribution >= 4 is 33.6 Å². The van der Waals surface area contributed by atoms with Crippen LogP contribution in [0.1, 0.15) is 16.1 Å². The van der Waals surface area contributed by atoms with Gasteiger partial charge in [-0.25, -0.2) is 0 Å². The average molecular weight is 340 g/mol. The largest absolute Gasteiger partial charge is 0.468 e. The molecule has 0 saturated heterocycles. The highest BCUT2D eigenvalue weighted by atomic mass is 79.9. The molecular weight excluding hydrogens is 326 g/mol. The Hall–Kier alpha value is -1.20. The van der Waals surface area contributed by atoms with E-state index in [2.05, 4.69) is 21.2 Å². The van der Waals surface area contributed by atoms with E-state index in [0.717, 1.165) is 21.7 Å². The first kappa shape index (κ1) is 14.2. The number of benzene rings is 1. The van der Waals surface area contributed by atoms with E-state index >= 15 is 0 Å². The van der Waals surface area contributed by atoms with E-state index in [1.54, 1.807) is 24.1 Å². The van der Waals surface area contributed by atoms with Gasteiger partial charge in [-0.1, -0.05) is 12.1 Å². The van der Waals surface area contributed by atoms with Crippen molar-refractivity contribution in [1.29, 1.82) is 0 Å². The summed E-state index contributed by atoms with van der Waals surface area (Å²) in [5.74, 6) is 2.60. The van der Waals surface area contributed by atoms with E-state index in [4.69, 9.17) is 4.42 Å². The van der Waals surface area contributed by atoms with Crippen molar-refractivity contribution in [3.05, 3.63) is 58.5 Å². The molecule has 0 aliphatic carbocycles. The van der Waals surface area contributed by atoms with Crippen molar-refractivity contribution in [2.24, 2.45) is 0 Å². The van der Waals surface area contributed by atoms with E-state index in [9.17, 15) is 4.79 Å². The fraction of sp³-hybridized carbons (Fsp3) is 0.214. The van der Waals surface area contributed by atoms with Crippen LogP contribution in [-0.4, -0.2) is 18.2 Å². The summed E-state index contributed by atoms with van der Waals surface area (Å²) >= 11 is 5.10. The van der Waals surface area contributed by atoms with Gasteiger partial charge in [0.1, 0.15) is 5.76 Å². The highest BCUT2D eigenvalue weighted by Gasteiger charge is 2.07. The van der Waals surface area contributed by atoms with Crippen molar-refractivity contribution in [1.82, 2.24) is 5.32 Å². The number of carbonyl (C=O) groups excluding carboxylic acids is 1. The second-order valence-electron chi connectivity index (χ2n) is 3.87. The minimum atomic E-state index is -0.0499. The molecule has 0 bridgehead atoms. The SMILES string of the molecule is O=C(NCCSCc1ccco1)c1ccccc1Br. The van der Waals surface area contributed by atoms with Gasteiger partial charge in [-0.3, -0.25) is 4.79 Å². The van der Waals surface area contributed by atoms with Gasteiger partial charge in [-0.05, 0) is 40.2 Å². The predicted octanol–water partition coefficient (Wildman–Crippen LogP) is 3.71. The van der Waals surface area contributed by atoms with Crippen LogP contribution < -0.4 is 5.32 Å². The van der Waals surface area contributed by atoms with E-state index < -0.39 is 0 Å². The second-order valence-corrected chi connectivity index (χ2v) is 5.83. The molecule has 0 aliphatic rings. The van der Waals surface area contributed by atoms with Crippen LogP contribution in [0.25, 0.3) is 0 Å². The Labute approximate surface area is 124 Å². The highest BCUT2D eigenvalue weighted by molar-refractivity contribution is 9.10. The number of hydrogen-bond donors (Lipinski definition) is 1. The van der Waals surface area contributed by atoms with E-state index in [0.29, 0.717) is 12.1 Å². The molecule has 1 aromatic heterocycles. The zero-order valence-corrected chi connectivity index (χ0v) is 12.7. The third-order valence-electron chi connectivity index (χ3n) is 2.47. The molecule has 5 heteroatoms. The molecule has 1 N–H and O–H groups in total. The van der Waals surface area contributed by atoms with Crippen molar-refractivity contribution in [3.8, 4) is 0 Å². The van der Waals surface area contributed by atoms with Gasteiger partial charge >= 0.3 is 0 Å². The zero-order valence-electron chi connectivity index (χ0n) is 10.3. The normalized spacial score (nSPS) is 10.4. The molecular formula is C14H14BrNO2S. The fourth-order valence-electron chi connectivity index (χ4n) is 1.54. The molecule has 0 atom stereocenters. The molecule has 0 radical (unpaired) electrons. The minimum absolute atomic E-state index is 0.0499. The van der Waals surface area contributed by atoms with Gasteiger partial charge in [0.2, 0.25) is 0 Å². The summed E-state index contributed by atoms with van der Waals surface area (Å²) in [5, 5.41) is 2.90. The third kappa shape index (κ3) is 4.44. The molecule has 0 unspecified atom stereocenters. The van der Waals surface area contributed by atoms with Gasteiger partial charge in [-0.2, -0.15) is 11.8 Å². The van der Waals surface area contributed by atoms with Crippen molar-refractivity contribution in [2.75, 3.05) is 12.3 Å². The van der Waals surface area contributed by atoms with Crippen molar-refractivity contribution in [2.45, 2.75) is 5.75 Å². The molecule has 0 fully saturated rings. The standard InChI is InChI=1S/C14H14BrNO2S/c15-13-6-2-1-5-12(13)14(17)16-7-9-19-10-11-4-3-8-18-11/h1-6,8H,7,9-10H2,(H,16,17).